The first-order chi connectivity index (χ1) is 14.1. The van der Waals surface area contributed by atoms with E-state index in [-0.39, 0.29) is 11.9 Å². The minimum atomic E-state index is 0.105. The number of benzene rings is 2. The molecule has 1 atom stereocenters. The standard InChI is InChI=1S/C24H33N3O2/c1-20-8-6-11-23(18-20)29-17-7-12-24(28)25-21(2)19-26-13-15-27(16-14-26)22-9-4-3-5-10-22/h3-6,8-11,18,21H,7,12-17,19H2,1-2H3,(H,25,28)/t21-/m0/s1. The molecular formula is C24H33N3O2. The Kier molecular flexibility index (Phi) is 7.94. The van der Waals surface area contributed by atoms with E-state index < -0.39 is 0 Å². The van der Waals surface area contributed by atoms with Gasteiger partial charge in [0.1, 0.15) is 5.75 Å². The number of carbonyl (C=O) groups excluding carboxylic acids is 1. The van der Waals surface area contributed by atoms with Crippen molar-refractivity contribution in [2.45, 2.75) is 32.7 Å². The third-order valence-corrected chi connectivity index (χ3v) is 5.24. The third-order valence-electron chi connectivity index (χ3n) is 5.24. The minimum absolute atomic E-state index is 0.105. The van der Waals surface area contributed by atoms with E-state index in [1.807, 2.05) is 31.2 Å². The number of anilines is 1. The molecule has 1 N–H and O–H groups in total. The molecule has 1 amide bonds. The highest BCUT2D eigenvalue weighted by Crippen LogP contribution is 2.16. The van der Waals surface area contributed by atoms with Gasteiger partial charge in [0.25, 0.3) is 0 Å². The monoisotopic (exact) mass is 395 g/mol. The van der Waals surface area contributed by atoms with Crippen molar-refractivity contribution < 1.29 is 9.53 Å². The first kappa shape index (κ1) is 21.2. The lowest BCUT2D eigenvalue weighted by atomic mass is 10.2. The molecule has 0 radical (unpaired) electrons. The van der Waals surface area contributed by atoms with E-state index >= 15 is 0 Å². The maximum absolute atomic E-state index is 12.2. The van der Waals surface area contributed by atoms with Gasteiger partial charge < -0.3 is 15.0 Å². The normalized spacial score (nSPS) is 15.7. The van der Waals surface area contributed by atoms with E-state index in [0.717, 1.165) is 44.9 Å². The maximum Gasteiger partial charge on any atom is 0.220 e. The van der Waals surface area contributed by atoms with E-state index in [1.54, 1.807) is 0 Å². The predicted octanol–water partition coefficient (Wildman–Crippen LogP) is 3.48. The second-order valence-electron chi connectivity index (χ2n) is 7.86. The summed E-state index contributed by atoms with van der Waals surface area (Å²) in [6, 6.07) is 18.7. The van der Waals surface area contributed by atoms with Crippen LogP contribution in [0.25, 0.3) is 0 Å². The topological polar surface area (TPSA) is 44.8 Å². The molecule has 2 aromatic carbocycles. The molecule has 0 aromatic heterocycles. The smallest absolute Gasteiger partial charge is 0.220 e. The highest BCUT2D eigenvalue weighted by atomic mass is 16.5. The van der Waals surface area contributed by atoms with Crippen molar-refractivity contribution in [2.24, 2.45) is 0 Å². The average Bonchev–Trinajstić information content (AvgIpc) is 2.72. The van der Waals surface area contributed by atoms with Gasteiger partial charge in [-0.2, -0.15) is 0 Å². The van der Waals surface area contributed by atoms with Crippen LogP contribution in [-0.4, -0.2) is 56.2 Å². The van der Waals surface area contributed by atoms with Crippen molar-refractivity contribution in [3.63, 3.8) is 0 Å². The predicted molar refractivity (Wildman–Crippen MR) is 119 cm³/mol. The van der Waals surface area contributed by atoms with Crippen LogP contribution in [0.5, 0.6) is 5.75 Å². The minimum Gasteiger partial charge on any atom is -0.494 e. The van der Waals surface area contributed by atoms with Gasteiger partial charge in [0.15, 0.2) is 0 Å². The molecule has 29 heavy (non-hydrogen) atoms. The Morgan fingerprint density at radius 1 is 1.07 bits per heavy atom. The van der Waals surface area contributed by atoms with E-state index in [9.17, 15) is 4.79 Å². The number of ether oxygens (including phenoxy) is 1. The Labute approximate surface area is 174 Å². The quantitative estimate of drug-likeness (QED) is 0.660. The molecule has 0 saturated carbocycles. The lowest BCUT2D eigenvalue weighted by Crippen LogP contribution is -2.50. The summed E-state index contributed by atoms with van der Waals surface area (Å²) >= 11 is 0. The summed E-state index contributed by atoms with van der Waals surface area (Å²) in [5.41, 5.74) is 2.47. The van der Waals surface area contributed by atoms with Gasteiger partial charge in [-0.15, -0.1) is 0 Å². The SMILES string of the molecule is Cc1cccc(OCCCC(=O)N[C@@H](C)CN2CCN(c3ccccc3)CC2)c1. The van der Waals surface area contributed by atoms with E-state index in [2.05, 4.69) is 52.4 Å². The third kappa shape index (κ3) is 7.09. The summed E-state index contributed by atoms with van der Waals surface area (Å²) in [5.74, 6) is 0.974. The van der Waals surface area contributed by atoms with Gasteiger partial charge in [-0.1, -0.05) is 30.3 Å². The fourth-order valence-electron chi connectivity index (χ4n) is 3.74. The molecular weight excluding hydrogens is 362 g/mol. The number of aryl methyl sites for hydroxylation is 1. The number of para-hydroxylation sites is 1. The van der Waals surface area contributed by atoms with Crippen LogP contribution in [0.15, 0.2) is 54.6 Å². The first-order valence-electron chi connectivity index (χ1n) is 10.6. The van der Waals surface area contributed by atoms with Crippen LogP contribution in [0, 0.1) is 6.92 Å². The second-order valence-corrected chi connectivity index (χ2v) is 7.86. The second kappa shape index (κ2) is 10.9. The Morgan fingerprint density at radius 2 is 1.83 bits per heavy atom. The van der Waals surface area contributed by atoms with Gasteiger partial charge >= 0.3 is 0 Å². The summed E-state index contributed by atoms with van der Waals surface area (Å²) in [6.07, 6.45) is 1.22. The summed E-state index contributed by atoms with van der Waals surface area (Å²) in [4.78, 5) is 17.1. The van der Waals surface area contributed by atoms with Crippen molar-refractivity contribution >= 4 is 11.6 Å². The molecule has 156 valence electrons. The number of hydrogen-bond donors (Lipinski definition) is 1. The van der Waals surface area contributed by atoms with Crippen molar-refractivity contribution in [1.29, 1.82) is 0 Å². The molecule has 5 heteroatoms. The van der Waals surface area contributed by atoms with E-state index in [4.69, 9.17) is 4.74 Å². The molecule has 0 aliphatic carbocycles. The number of hydrogen-bond acceptors (Lipinski definition) is 4. The molecule has 3 rings (SSSR count). The van der Waals surface area contributed by atoms with Crippen LogP contribution in [0.4, 0.5) is 5.69 Å². The molecule has 0 unspecified atom stereocenters. The molecule has 2 aromatic rings. The molecule has 1 heterocycles. The summed E-state index contributed by atoms with van der Waals surface area (Å²) < 4.78 is 5.72. The first-order valence-corrected chi connectivity index (χ1v) is 10.6. The zero-order valence-corrected chi connectivity index (χ0v) is 17.6. The molecule has 0 bridgehead atoms. The van der Waals surface area contributed by atoms with E-state index in [0.29, 0.717) is 13.0 Å². The Balaban J connectivity index is 1.29. The van der Waals surface area contributed by atoms with Crippen LogP contribution in [0.3, 0.4) is 0 Å². The van der Waals surface area contributed by atoms with Gasteiger partial charge in [-0.25, -0.2) is 0 Å². The van der Waals surface area contributed by atoms with Gasteiger partial charge in [0.2, 0.25) is 5.91 Å². The number of piperazine rings is 1. The lowest BCUT2D eigenvalue weighted by molar-refractivity contribution is -0.122. The highest BCUT2D eigenvalue weighted by molar-refractivity contribution is 5.76. The fraction of sp³-hybridized carbons (Fsp3) is 0.458. The number of carbonyl (C=O) groups is 1. The summed E-state index contributed by atoms with van der Waals surface area (Å²) in [5, 5.41) is 3.13. The molecule has 1 aliphatic heterocycles. The zero-order valence-electron chi connectivity index (χ0n) is 17.6. The number of rotatable bonds is 9. The average molecular weight is 396 g/mol. The van der Waals surface area contributed by atoms with Crippen LogP contribution >= 0.6 is 0 Å². The van der Waals surface area contributed by atoms with Gasteiger partial charge in [-0.05, 0) is 50.1 Å². The van der Waals surface area contributed by atoms with E-state index in [1.165, 1.54) is 11.3 Å². The molecule has 1 fully saturated rings. The fourth-order valence-corrected chi connectivity index (χ4v) is 3.74. The van der Waals surface area contributed by atoms with Crippen molar-refractivity contribution in [2.75, 3.05) is 44.2 Å². The Hall–Kier alpha value is -2.53. The van der Waals surface area contributed by atoms with Gasteiger partial charge in [0.05, 0.1) is 6.61 Å². The van der Waals surface area contributed by atoms with Crippen molar-refractivity contribution in [3.8, 4) is 5.75 Å². The van der Waals surface area contributed by atoms with Crippen LogP contribution in [-0.2, 0) is 4.79 Å². The highest BCUT2D eigenvalue weighted by Gasteiger charge is 2.19. The summed E-state index contributed by atoms with van der Waals surface area (Å²) in [6.45, 7) is 9.70. The van der Waals surface area contributed by atoms with Gasteiger partial charge in [0, 0.05) is 50.9 Å². The zero-order chi connectivity index (χ0) is 20.5. The van der Waals surface area contributed by atoms with Gasteiger partial charge in [-0.3, -0.25) is 9.69 Å². The van der Waals surface area contributed by atoms with Crippen LogP contribution in [0.1, 0.15) is 25.3 Å². The van der Waals surface area contributed by atoms with Crippen LogP contribution < -0.4 is 15.0 Å². The molecule has 0 spiro atoms. The molecule has 1 saturated heterocycles. The van der Waals surface area contributed by atoms with Crippen LogP contribution in [0.2, 0.25) is 0 Å². The maximum atomic E-state index is 12.2. The number of nitrogens with zero attached hydrogens (tertiary/aromatic N) is 2. The lowest BCUT2D eigenvalue weighted by Gasteiger charge is -2.37. The van der Waals surface area contributed by atoms with Crippen molar-refractivity contribution in [3.05, 3.63) is 60.2 Å². The largest absolute Gasteiger partial charge is 0.494 e. The molecule has 1 aliphatic rings. The molecule has 5 nitrogen and oxygen atoms in total. The summed E-state index contributed by atoms with van der Waals surface area (Å²) in [7, 11) is 0. The number of nitrogens with one attached hydrogen (secondary N) is 1. The Morgan fingerprint density at radius 3 is 2.55 bits per heavy atom. The Bertz CT molecular complexity index is 758. The van der Waals surface area contributed by atoms with Crippen molar-refractivity contribution in [1.82, 2.24) is 10.2 Å². The number of amides is 1.